The van der Waals surface area contributed by atoms with Crippen molar-refractivity contribution in [1.29, 1.82) is 0 Å². The second-order valence-electron chi connectivity index (χ2n) is 5.56. The molecular formula is C21H17NO3S. The Morgan fingerprint density at radius 3 is 1.81 bits per heavy atom. The van der Waals surface area contributed by atoms with Gasteiger partial charge in [0.2, 0.25) is 9.84 Å². The molecule has 0 saturated heterocycles. The molecule has 130 valence electrons. The summed E-state index contributed by atoms with van der Waals surface area (Å²) < 4.78 is 26.0. The zero-order valence-electron chi connectivity index (χ0n) is 13.9. The van der Waals surface area contributed by atoms with Crippen molar-refractivity contribution in [2.24, 2.45) is 0 Å². The van der Waals surface area contributed by atoms with Crippen molar-refractivity contribution < 1.29 is 13.2 Å². The van der Waals surface area contributed by atoms with Crippen molar-refractivity contribution in [1.82, 2.24) is 5.32 Å². The van der Waals surface area contributed by atoms with Crippen LogP contribution in [0.2, 0.25) is 0 Å². The van der Waals surface area contributed by atoms with Crippen LogP contribution in [-0.2, 0) is 9.84 Å². The van der Waals surface area contributed by atoms with Crippen LogP contribution in [0.4, 0.5) is 0 Å². The molecule has 5 heteroatoms. The molecule has 0 bridgehead atoms. The molecule has 0 unspecified atom stereocenters. The van der Waals surface area contributed by atoms with E-state index in [1.165, 1.54) is 18.2 Å². The third kappa shape index (κ3) is 4.07. The van der Waals surface area contributed by atoms with Crippen molar-refractivity contribution in [2.45, 2.75) is 4.90 Å². The molecule has 0 spiro atoms. The Hall–Kier alpha value is -3.18. The zero-order valence-corrected chi connectivity index (χ0v) is 14.7. The summed E-state index contributed by atoms with van der Waals surface area (Å²) in [5.74, 6) is -0.479. The van der Waals surface area contributed by atoms with Crippen molar-refractivity contribution in [2.75, 3.05) is 0 Å². The second-order valence-corrected chi connectivity index (χ2v) is 7.47. The molecule has 4 nitrogen and oxygen atoms in total. The van der Waals surface area contributed by atoms with Gasteiger partial charge in [0.1, 0.15) is 5.03 Å². The van der Waals surface area contributed by atoms with Gasteiger partial charge in [-0.05, 0) is 35.9 Å². The standard InChI is InChI=1S/C21H17NO3S/c23-21(18-12-6-2-7-13-18)22-20(16-17-10-4-1-5-11-17)26(24,25)19-14-8-3-9-15-19/h1-16H,(H,22,23)/b20-16+. The van der Waals surface area contributed by atoms with E-state index in [4.69, 9.17) is 0 Å². The number of hydrogen-bond donors (Lipinski definition) is 1. The molecule has 0 fully saturated rings. The van der Waals surface area contributed by atoms with Gasteiger partial charge in [-0.2, -0.15) is 0 Å². The highest BCUT2D eigenvalue weighted by Crippen LogP contribution is 2.20. The van der Waals surface area contributed by atoms with Crippen molar-refractivity contribution in [3.63, 3.8) is 0 Å². The lowest BCUT2D eigenvalue weighted by Crippen LogP contribution is -2.27. The molecule has 0 aromatic heterocycles. The van der Waals surface area contributed by atoms with Gasteiger partial charge in [-0.25, -0.2) is 8.42 Å². The highest BCUT2D eigenvalue weighted by atomic mass is 32.2. The second kappa shape index (κ2) is 7.80. The first-order valence-electron chi connectivity index (χ1n) is 8.01. The van der Waals surface area contributed by atoms with E-state index in [2.05, 4.69) is 5.32 Å². The Morgan fingerprint density at radius 2 is 1.23 bits per heavy atom. The summed E-state index contributed by atoms with van der Waals surface area (Å²) in [6.45, 7) is 0. The summed E-state index contributed by atoms with van der Waals surface area (Å²) in [4.78, 5) is 12.6. The average Bonchev–Trinajstić information content (AvgIpc) is 2.69. The van der Waals surface area contributed by atoms with E-state index in [0.717, 1.165) is 0 Å². The van der Waals surface area contributed by atoms with Gasteiger partial charge in [-0.1, -0.05) is 66.7 Å². The van der Waals surface area contributed by atoms with Crippen LogP contribution < -0.4 is 5.32 Å². The quantitative estimate of drug-likeness (QED) is 0.748. The minimum absolute atomic E-state index is 0.121. The fourth-order valence-electron chi connectivity index (χ4n) is 2.38. The van der Waals surface area contributed by atoms with Crippen LogP contribution in [0, 0.1) is 0 Å². The smallest absolute Gasteiger partial charge is 0.256 e. The van der Waals surface area contributed by atoms with Gasteiger partial charge in [0, 0.05) is 5.56 Å². The van der Waals surface area contributed by atoms with Crippen LogP contribution in [0.15, 0.2) is 101 Å². The lowest BCUT2D eigenvalue weighted by Gasteiger charge is -2.12. The first-order chi connectivity index (χ1) is 12.6. The van der Waals surface area contributed by atoms with Crippen LogP contribution in [0.1, 0.15) is 15.9 Å². The number of amides is 1. The summed E-state index contributed by atoms with van der Waals surface area (Å²) in [5.41, 5.74) is 1.06. The largest absolute Gasteiger partial charge is 0.312 e. The molecule has 1 N–H and O–H groups in total. The third-order valence-electron chi connectivity index (χ3n) is 3.71. The number of hydrogen-bond acceptors (Lipinski definition) is 3. The Kier molecular flexibility index (Phi) is 5.29. The highest BCUT2D eigenvalue weighted by molar-refractivity contribution is 7.95. The molecule has 26 heavy (non-hydrogen) atoms. The molecule has 0 aliphatic rings. The zero-order chi connectivity index (χ0) is 18.4. The van der Waals surface area contributed by atoms with Crippen LogP contribution >= 0.6 is 0 Å². The van der Waals surface area contributed by atoms with Gasteiger partial charge in [-0.15, -0.1) is 0 Å². The highest BCUT2D eigenvalue weighted by Gasteiger charge is 2.23. The molecule has 1 amide bonds. The van der Waals surface area contributed by atoms with Crippen LogP contribution in [0.25, 0.3) is 6.08 Å². The predicted octanol–water partition coefficient (Wildman–Crippen LogP) is 3.89. The third-order valence-corrected chi connectivity index (χ3v) is 5.40. The van der Waals surface area contributed by atoms with E-state index in [1.54, 1.807) is 72.8 Å². The SMILES string of the molecule is O=C(N/C(=C\c1ccccc1)S(=O)(=O)c1ccccc1)c1ccccc1. The number of rotatable bonds is 5. The fourth-order valence-corrected chi connectivity index (χ4v) is 3.67. The molecular weight excluding hydrogens is 346 g/mol. The Bertz CT molecular complexity index is 1010. The van der Waals surface area contributed by atoms with E-state index in [-0.39, 0.29) is 9.92 Å². The number of benzene rings is 3. The maximum atomic E-state index is 13.0. The molecule has 0 aliphatic carbocycles. The van der Waals surface area contributed by atoms with Crippen LogP contribution in [0.5, 0.6) is 0 Å². The topological polar surface area (TPSA) is 63.2 Å². The lowest BCUT2D eigenvalue weighted by molar-refractivity contribution is 0.0968. The van der Waals surface area contributed by atoms with E-state index in [0.29, 0.717) is 11.1 Å². The summed E-state index contributed by atoms with van der Waals surface area (Å²) >= 11 is 0. The van der Waals surface area contributed by atoms with Crippen molar-refractivity contribution >= 4 is 21.8 Å². The Labute approximate surface area is 152 Å². The van der Waals surface area contributed by atoms with Gasteiger partial charge in [0.25, 0.3) is 5.91 Å². The maximum absolute atomic E-state index is 13.0. The minimum atomic E-state index is -3.87. The number of carbonyl (C=O) groups excluding carboxylic acids is 1. The number of nitrogens with one attached hydrogen (secondary N) is 1. The Balaban J connectivity index is 2.03. The monoisotopic (exact) mass is 363 g/mol. The number of carbonyl (C=O) groups is 1. The van der Waals surface area contributed by atoms with E-state index in [1.807, 2.05) is 6.07 Å². The number of sulfone groups is 1. The average molecular weight is 363 g/mol. The summed E-state index contributed by atoms with van der Waals surface area (Å²) in [6, 6.07) is 25.5. The molecule has 0 atom stereocenters. The minimum Gasteiger partial charge on any atom is -0.312 e. The summed E-state index contributed by atoms with van der Waals surface area (Å²) in [6.07, 6.45) is 1.46. The molecule has 3 aromatic carbocycles. The normalized spacial score (nSPS) is 11.8. The van der Waals surface area contributed by atoms with Crippen molar-refractivity contribution in [3.05, 3.63) is 107 Å². The van der Waals surface area contributed by atoms with Gasteiger partial charge >= 0.3 is 0 Å². The summed E-state index contributed by atoms with van der Waals surface area (Å²) in [5, 5.41) is 2.39. The first kappa shape index (κ1) is 17.6. The lowest BCUT2D eigenvalue weighted by atomic mass is 10.2. The van der Waals surface area contributed by atoms with Gasteiger partial charge in [-0.3, -0.25) is 4.79 Å². The van der Waals surface area contributed by atoms with E-state index >= 15 is 0 Å². The van der Waals surface area contributed by atoms with Crippen LogP contribution in [0.3, 0.4) is 0 Å². The van der Waals surface area contributed by atoms with E-state index < -0.39 is 15.7 Å². The van der Waals surface area contributed by atoms with Gasteiger partial charge in [0.15, 0.2) is 0 Å². The molecule has 0 saturated carbocycles. The van der Waals surface area contributed by atoms with Crippen molar-refractivity contribution in [3.8, 4) is 0 Å². The Morgan fingerprint density at radius 1 is 0.731 bits per heavy atom. The fraction of sp³-hybridized carbons (Fsp3) is 0. The summed E-state index contributed by atoms with van der Waals surface area (Å²) in [7, 11) is -3.87. The molecule has 0 radical (unpaired) electrons. The predicted molar refractivity (Wildman–Crippen MR) is 102 cm³/mol. The van der Waals surface area contributed by atoms with E-state index in [9.17, 15) is 13.2 Å². The van der Waals surface area contributed by atoms with Crippen LogP contribution in [-0.4, -0.2) is 14.3 Å². The molecule has 3 rings (SSSR count). The maximum Gasteiger partial charge on any atom is 0.256 e. The van der Waals surface area contributed by atoms with Gasteiger partial charge < -0.3 is 5.32 Å². The molecule has 0 aliphatic heterocycles. The van der Waals surface area contributed by atoms with Gasteiger partial charge in [0.05, 0.1) is 4.90 Å². The molecule has 3 aromatic rings. The molecule has 0 heterocycles. The first-order valence-corrected chi connectivity index (χ1v) is 9.49.